The predicted molar refractivity (Wildman–Crippen MR) is 138 cm³/mol. The Kier molecular flexibility index (Phi) is 8.70. The molecule has 1 aliphatic carbocycles. The maximum atomic E-state index is 15.5. The minimum atomic E-state index is -5.50. The Balaban J connectivity index is 2.40. The van der Waals surface area contributed by atoms with Crippen LogP contribution in [0, 0.1) is 120 Å². The van der Waals surface area contributed by atoms with Gasteiger partial charge in [-0.3, -0.25) is 4.98 Å². The van der Waals surface area contributed by atoms with Crippen LogP contribution < -0.4 is 0 Å². The Morgan fingerprint density at radius 1 is 0.469 bits per heavy atom. The molecule has 0 N–H and O–H groups in total. The highest BCUT2D eigenvalue weighted by atomic mass is 19.4. The van der Waals surface area contributed by atoms with Crippen molar-refractivity contribution in [2.24, 2.45) is 0 Å². The molecule has 3 aromatic rings. The summed E-state index contributed by atoms with van der Waals surface area (Å²) in [6.45, 7) is 0. The summed E-state index contributed by atoms with van der Waals surface area (Å²) in [5.41, 5.74) is -21.7. The second kappa shape index (κ2) is 12.4. The van der Waals surface area contributed by atoms with E-state index in [0.717, 1.165) is 42.5 Å². The minimum Gasteiger partial charge on any atom is -0.261 e. The highest BCUT2D eigenvalue weighted by Gasteiger charge is 2.47. The number of pyridine rings is 1. The summed E-state index contributed by atoms with van der Waals surface area (Å²) in [6, 6.07) is 7.42. The van der Waals surface area contributed by atoms with Gasteiger partial charge in [0.05, 0.1) is 39.6 Å². The minimum absolute atomic E-state index is 0.0188. The lowest BCUT2D eigenvalue weighted by Crippen LogP contribution is -2.11. The number of aromatic nitrogens is 1. The van der Waals surface area contributed by atoms with Crippen LogP contribution in [-0.4, -0.2) is 4.98 Å². The fourth-order valence-corrected chi connectivity index (χ4v) is 4.73. The zero-order chi connectivity index (χ0) is 36.7. The van der Waals surface area contributed by atoms with Crippen LogP contribution in [0.3, 0.4) is 0 Å². The van der Waals surface area contributed by atoms with Crippen LogP contribution in [0.2, 0.25) is 0 Å². The molecule has 0 bridgehead atoms. The molecule has 1 aromatic heterocycles. The molecule has 0 amide bonds. The summed E-state index contributed by atoms with van der Waals surface area (Å²) in [5.74, 6) is -15.4. The molecule has 1 heterocycles. The van der Waals surface area contributed by atoms with E-state index in [1.165, 1.54) is 0 Å². The van der Waals surface area contributed by atoms with Gasteiger partial charge in [-0.05, 0) is 0 Å². The monoisotopic (exact) mass is 676 g/mol. The molecule has 0 spiro atoms. The van der Waals surface area contributed by atoms with Crippen LogP contribution >= 0.6 is 0 Å². The molecule has 236 valence electrons. The first-order valence-corrected chi connectivity index (χ1v) is 12.3. The van der Waals surface area contributed by atoms with E-state index in [-0.39, 0.29) is 12.4 Å². The Hall–Kier alpha value is -7.46. The van der Waals surface area contributed by atoms with E-state index in [1.54, 1.807) is 0 Å². The first kappa shape index (κ1) is 34.4. The molecule has 0 aliphatic heterocycles. The molecule has 49 heavy (non-hydrogen) atoms. The van der Waals surface area contributed by atoms with Gasteiger partial charge in [-0.2, -0.15) is 50.0 Å². The highest BCUT2D eigenvalue weighted by molar-refractivity contribution is 6.12. The van der Waals surface area contributed by atoms with Gasteiger partial charge in [0.2, 0.25) is 0 Å². The maximum Gasteiger partial charge on any atom is 0.418 e. The lowest BCUT2D eigenvalue weighted by Gasteiger charge is -2.12. The number of halogens is 10. The zero-order valence-electron chi connectivity index (χ0n) is 23.0. The lowest BCUT2D eigenvalue weighted by atomic mass is 9.95. The standard InChI is InChI=1S/C31H2F10N8/c32-18-9-49-8-17(31(39,40)41)19(18)14(5-46)20-21(15(6-47)23-25(33)10(1-42)12(3-44)27(35)29(23)37)22(20)16(7-48)24-26(34)11(2-43)13(4-45)28(36)30(24)38/h8-9H. The maximum absolute atomic E-state index is 15.5. The number of rotatable bonds is 3. The molecule has 0 unspecified atom stereocenters. The smallest absolute Gasteiger partial charge is 0.261 e. The summed E-state index contributed by atoms with van der Waals surface area (Å²) in [7, 11) is 0. The second-order valence-corrected chi connectivity index (χ2v) is 9.21. The van der Waals surface area contributed by atoms with Gasteiger partial charge in [0.25, 0.3) is 0 Å². The predicted octanol–water partition coefficient (Wildman–Crippen LogP) is 6.81. The van der Waals surface area contributed by atoms with Crippen molar-refractivity contribution in [3.63, 3.8) is 0 Å². The van der Waals surface area contributed by atoms with Crippen molar-refractivity contribution in [1.82, 2.24) is 4.98 Å². The van der Waals surface area contributed by atoms with E-state index >= 15 is 22.0 Å². The Morgan fingerprint density at radius 2 is 0.796 bits per heavy atom. The van der Waals surface area contributed by atoms with Crippen LogP contribution in [-0.2, 0) is 6.18 Å². The molecule has 18 heteroatoms. The van der Waals surface area contributed by atoms with E-state index in [0.29, 0.717) is 0 Å². The van der Waals surface area contributed by atoms with Gasteiger partial charge in [0.1, 0.15) is 64.7 Å². The van der Waals surface area contributed by atoms with Crippen LogP contribution in [0.25, 0.3) is 16.7 Å². The number of hydrogen-bond donors (Lipinski definition) is 0. The molecule has 1 fully saturated rings. The molecule has 1 saturated carbocycles. The number of allylic oxidation sites excluding steroid dienone is 6. The number of hydrogen-bond acceptors (Lipinski definition) is 8. The molecule has 1 aliphatic rings. The van der Waals surface area contributed by atoms with Crippen molar-refractivity contribution >= 4 is 16.7 Å². The highest BCUT2D eigenvalue weighted by Crippen LogP contribution is 2.57. The average molecular weight is 676 g/mol. The number of benzene rings is 2. The summed E-state index contributed by atoms with van der Waals surface area (Å²) >= 11 is 0. The Morgan fingerprint density at radius 3 is 1.10 bits per heavy atom. The topological polar surface area (TPSA) is 179 Å². The Labute approximate surface area is 265 Å². The summed E-state index contributed by atoms with van der Waals surface area (Å²) in [5, 5.41) is 66.7. The molecule has 0 atom stereocenters. The van der Waals surface area contributed by atoms with E-state index in [9.17, 15) is 48.3 Å². The van der Waals surface area contributed by atoms with Crippen molar-refractivity contribution in [3.8, 4) is 42.5 Å². The Bertz CT molecular complexity index is 2350. The fourth-order valence-electron chi connectivity index (χ4n) is 4.73. The fraction of sp³-hybridized carbons (Fsp3) is 0.0323. The number of nitrogens with zero attached hydrogens (tertiary/aromatic N) is 8. The average Bonchev–Trinajstić information content (AvgIpc) is 3.78. The van der Waals surface area contributed by atoms with Gasteiger partial charge in [0.15, 0.2) is 40.7 Å². The van der Waals surface area contributed by atoms with Crippen molar-refractivity contribution in [3.05, 3.63) is 114 Å². The van der Waals surface area contributed by atoms with E-state index in [4.69, 9.17) is 10.5 Å². The van der Waals surface area contributed by atoms with Crippen LogP contribution in [0.5, 0.6) is 0 Å². The van der Waals surface area contributed by atoms with Gasteiger partial charge < -0.3 is 0 Å². The molecule has 2 aromatic carbocycles. The van der Waals surface area contributed by atoms with Crippen LogP contribution in [0.1, 0.15) is 44.5 Å². The molecule has 4 rings (SSSR count). The van der Waals surface area contributed by atoms with Crippen molar-refractivity contribution < 1.29 is 43.9 Å². The van der Waals surface area contributed by atoms with Crippen molar-refractivity contribution in [2.45, 2.75) is 6.18 Å². The first-order chi connectivity index (χ1) is 23.1. The van der Waals surface area contributed by atoms with Crippen molar-refractivity contribution in [2.75, 3.05) is 0 Å². The van der Waals surface area contributed by atoms with Gasteiger partial charge in [-0.25, -0.2) is 30.7 Å². The summed E-state index contributed by atoms with van der Waals surface area (Å²) in [6.07, 6.45) is -5.32. The zero-order valence-corrected chi connectivity index (χ0v) is 23.0. The lowest BCUT2D eigenvalue weighted by molar-refractivity contribution is -0.138. The first-order valence-electron chi connectivity index (χ1n) is 12.3. The van der Waals surface area contributed by atoms with Crippen molar-refractivity contribution in [1.29, 1.82) is 36.8 Å². The second-order valence-electron chi connectivity index (χ2n) is 9.21. The molecule has 0 saturated heterocycles. The largest absolute Gasteiger partial charge is 0.418 e. The third kappa shape index (κ3) is 5.11. The van der Waals surface area contributed by atoms with Gasteiger partial charge >= 0.3 is 6.18 Å². The quantitative estimate of drug-likeness (QED) is 0.165. The summed E-state index contributed by atoms with van der Waals surface area (Å²) < 4.78 is 148. The molecular weight excluding hydrogens is 674 g/mol. The summed E-state index contributed by atoms with van der Waals surface area (Å²) in [4.78, 5) is 3.03. The van der Waals surface area contributed by atoms with Gasteiger partial charge in [-0.15, -0.1) is 0 Å². The molecular formula is C31H2F10N8. The SMILES string of the molecule is N#CC(=C1C(=C(C#N)c2c(F)c(F)c(C#N)c(C#N)c2F)C1=C(C#N)c1c(F)c(F)c(C#N)c(C#N)c1F)c1c(F)cncc1C(F)(F)F. The number of nitriles is 7. The third-order valence-corrected chi connectivity index (χ3v) is 6.82. The van der Waals surface area contributed by atoms with Crippen LogP contribution in [0.4, 0.5) is 43.9 Å². The van der Waals surface area contributed by atoms with E-state index in [1.807, 2.05) is 0 Å². The molecule has 0 radical (unpaired) electrons. The third-order valence-electron chi connectivity index (χ3n) is 6.82. The van der Waals surface area contributed by atoms with Gasteiger partial charge in [-0.1, -0.05) is 0 Å². The van der Waals surface area contributed by atoms with Gasteiger partial charge in [0, 0.05) is 28.5 Å². The molecule has 8 nitrogen and oxygen atoms in total. The van der Waals surface area contributed by atoms with E-state index < -0.39 is 125 Å². The van der Waals surface area contributed by atoms with Crippen LogP contribution in [0.15, 0.2) is 29.1 Å². The van der Waals surface area contributed by atoms with E-state index in [2.05, 4.69) is 4.98 Å². The number of alkyl halides is 3. The normalized spacial score (nSPS) is 13.8.